The first-order valence-corrected chi connectivity index (χ1v) is 6.03. The lowest BCUT2D eigenvalue weighted by atomic mass is 10.1. The quantitative estimate of drug-likeness (QED) is 0.944. The number of nitrogens with one attached hydrogen (secondary N) is 1. The van der Waals surface area contributed by atoms with Crippen LogP contribution in [0, 0.1) is 6.92 Å². The van der Waals surface area contributed by atoms with E-state index >= 15 is 0 Å². The number of carbonyl (C=O) groups excluding carboxylic acids is 1. The van der Waals surface area contributed by atoms with E-state index in [0.29, 0.717) is 12.1 Å². The highest BCUT2D eigenvalue weighted by atomic mass is 79.9. The molecule has 2 aromatic rings. The predicted molar refractivity (Wildman–Crippen MR) is 68.8 cm³/mol. The van der Waals surface area contributed by atoms with Gasteiger partial charge in [0.15, 0.2) is 0 Å². The average molecular weight is 294 g/mol. The van der Waals surface area contributed by atoms with Gasteiger partial charge in [0.1, 0.15) is 5.76 Å². The minimum Gasteiger partial charge on any atom is -0.467 e. The summed E-state index contributed by atoms with van der Waals surface area (Å²) in [5.41, 5.74) is 1.67. The van der Waals surface area contributed by atoms with Crippen LogP contribution in [0.1, 0.15) is 21.7 Å². The summed E-state index contributed by atoms with van der Waals surface area (Å²) in [4.78, 5) is 11.9. The molecule has 4 heteroatoms. The zero-order valence-corrected chi connectivity index (χ0v) is 11.0. The molecule has 1 aromatic heterocycles. The van der Waals surface area contributed by atoms with Crippen LogP contribution in [0.15, 0.2) is 45.5 Å². The predicted octanol–water partition coefficient (Wildman–Crippen LogP) is 3.28. The molecular weight excluding hydrogens is 282 g/mol. The van der Waals surface area contributed by atoms with Gasteiger partial charge >= 0.3 is 0 Å². The zero-order valence-electron chi connectivity index (χ0n) is 9.37. The van der Waals surface area contributed by atoms with Crippen molar-refractivity contribution in [3.05, 3.63) is 58.0 Å². The molecule has 0 aliphatic rings. The number of hydrogen-bond acceptors (Lipinski definition) is 2. The molecule has 0 bridgehead atoms. The van der Waals surface area contributed by atoms with Gasteiger partial charge in [0.05, 0.1) is 18.4 Å². The maximum atomic E-state index is 11.9. The normalized spacial score (nSPS) is 10.2. The zero-order chi connectivity index (χ0) is 12.3. The Morgan fingerprint density at radius 3 is 2.88 bits per heavy atom. The lowest BCUT2D eigenvalue weighted by molar-refractivity contribution is 0.0947. The second-order valence-corrected chi connectivity index (χ2v) is 4.49. The van der Waals surface area contributed by atoms with Crippen LogP contribution in [0.3, 0.4) is 0 Å². The van der Waals surface area contributed by atoms with Gasteiger partial charge in [-0.05, 0) is 46.6 Å². The summed E-state index contributed by atoms with van der Waals surface area (Å²) in [6, 6.07) is 9.22. The van der Waals surface area contributed by atoms with Gasteiger partial charge in [0, 0.05) is 4.47 Å². The van der Waals surface area contributed by atoms with Crippen LogP contribution >= 0.6 is 15.9 Å². The largest absolute Gasteiger partial charge is 0.467 e. The molecule has 0 fully saturated rings. The molecule has 1 amide bonds. The second-order valence-electron chi connectivity index (χ2n) is 3.70. The summed E-state index contributed by atoms with van der Waals surface area (Å²) in [6.45, 7) is 2.35. The number of amides is 1. The maximum absolute atomic E-state index is 11.9. The number of benzene rings is 1. The van der Waals surface area contributed by atoms with Gasteiger partial charge in [-0.25, -0.2) is 0 Å². The Bertz CT molecular complexity index is 520. The molecule has 1 N–H and O–H groups in total. The smallest absolute Gasteiger partial charge is 0.252 e. The number of aryl methyl sites for hydroxylation is 1. The van der Waals surface area contributed by atoms with Crippen LogP contribution < -0.4 is 5.32 Å². The van der Waals surface area contributed by atoms with Gasteiger partial charge in [0.2, 0.25) is 0 Å². The third-order valence-electron chi connectivity index (χ3n) is 2.44. The third kappa shape index (κ3) is 2.77. The molecule has 1 aromatic carbocycles. The van der Waals surface area contributed by atoms with Gasteiger partial charge in [-0.3, -0.25) is 4.79 Å². The average Bonchev–Trinajstić information content (AvgIpc) is 2.82. The standard InChI is InChI=1S/C13H12BrNO2/c1-9-4-2-6-11(12(9)14)13(16)15-8-10-5-3-7-17-10/h2-7H,8H2,1H3,(H,15,16). The van der Waals surface area contributed by atoms with Crippen LogP contribution in [0.4, 0.5) is 0 Å². The van der Waals surface area contributed by atoms with Crippen LogP contribution in [0.2, 0.25) is 0 Å². The molecule has 3 nitrogen and oxygen atoms in total. The van der Waals surface area contributed by atoms with E-state index in [9.17, 15) is 4.79 Å². The van der Waals surface area contributed by atoms with E-state index in [2.05, 4.69) is 21.2 Å². The van der Waals surface area contributed by atoms with Crippen molar-refractivity contribution in [1.82, 2.24) is 5.32 Å². The molecule has 0 saturated carbocycles. The topological polar surface area (TPSA) is 42.2 Å². The van der Waals surface area contributed by atoms with E-state index in [4.69, 9.17) is 4.42 Å². The molecule has 1 heterocycles. The highest BCUT2D eigenvalue weighted by Crippen LogP contribution is 2.20. The summed E-state index contributed by atoms with van der Waals surface area (Å²) in [6.07, 6.45) is 1.59. The summed E-state index contributed by atoms with van der Waals surface area (Å²) in [7, 11) is 0. The van der Waals surface area contributed by atoms with Crippen LogP contribution in [0.5, 0.6) is 0 Å². The van der Waals surface area contributed by atoms with Crippen molar-refractivity contribution in [2.24, 2.45) is 0 Å². The minimum atomic E-state index is -0.114. The molecular formula is C13H12BrNO2. The first-order chi connectivity index (χ1) is 8.18. The van der Waals surface area contributed by atoms with E-state index in [-0.39, 0.29) is 5.91 Å². The van der Waals surface area contributed by atoms with Crippen LogP contribution in [-0.2, 0) is 6.54 Å². The number of carbonyl (C=O) groups is 1. The fourth-order valence-corrected chi connectivity index (χ4v) is 1.94. The molecule has 88 valence electrons. The van der Waals surface area contributed by atoms with Crippen molar-refractivity contribution in [2.45, 2.75) is 13.5 Å². The fraction of sp³-hybridized carbons (Fsp3) is 0.154. The monoisotopic (exact) mass is 293 g/mol. The highest BCUT2D eigenvalue weighted by Gasteiger charge is 2.11. The van der Waals surface area contributed by atoms with Gasteiger partial charge in [-0.15, -0.1) is 0 Å². The van der Waals surface area contributed by atoms with E-state index < -0.39 is 0 Å². The Morgan fingerprint density at radius 2 is 2.18 bits per heavy atom. The molecule has 17 heavy (non-hydrogen) atoms. The molecule has 0 aliphatic heterocycles. The van der Waals surface area contributed by atoms with Crippen molar-refractivity contribution < 1.29 is 9.21 Å². The Hall–Kier alpha value is -1.55. The Morgan fingerprint density at radius 1 is 1.35 bits per heavy atom. The van der Waals surface area contributed by atoms with Crippen molar-refractivity contribution in [3.63, 3.8) is 0 Å². The van der Waals surface area contributed by atoms with Crippen molar-refractivity contribution >= 4 is 21.8 Å². The summed E-state index contributed by atoms with van der Waals surface area (Å²) in [5, 5.41) is 2.81. The molecule has 0 atom stereocenters. The van der Waals surface area contributed by atoms with Crippen molar-refractivity contribution in [2.75, 3.05) is 0 Å². The Kier molecular flexibility index (Phi) is 3.64. The van der Waals surface area contributed by atoms with Crippen LogP contribution in [-0.4, -0.2) is 5.91 Å². The van der Waals surface area contributed by atoms with Gasteiger partial charge in [-0.1, -0.05) is 12.1 Å². The molecule has 0 aliphatic carbocycles. The van der Waals surface area contributed by atoms with Gasteiger partial charge in [0.25, 0.3) is 5.91 Å². The van der Waals surface area contributed by atoms with Crippen molar-refractivity contribution in [3.8, 4) is 0 Å². The fourth-order valence-electron chi connectivity index (χ4n) is 1.50. The summed E-state index contributed by atoms with van der Waals surface area (Å²) >= 11 is 3.42. The number of halogens is 1. The number of hydrogen-bond donors (Lipinski definition) is 1. The molecule has 0 unspecified atom stereocenters. The Labute approximate surface area is 108 Å². The molecule has 2 rings (SSSR count). The molecule has 0 radical (unpaired) electrons. The van der Waals surface area contributed by atoms with Crippen molar-refractivity contribution in [1.29, 1.82) is 0 Å². The van der Waals surface area contributed by atoms with E-state index in [1.54, 1.807) is 18.4 Å². The number of furan rings is 1. The minimum absolute atomic E-state index is 0.114. The third-order valence-corrected chi connectivity index (χ3v) is 3.49. The Balaban J connectivity index is 2.07. The summed E-state index contributed by atoms with van der Waals surface area (Å²) in [5.74, 6) is 0.624. The number of rotatable bonds is 3. The second kappa shape index (κ2) is 5.19. The van der Waals surface area contributed by atoms with Gasteiger partial charge in [-0.2, -0.15) is 0 Å². The van der Waals surface area contributed by atoms with E-state index in [1.807, 2.05) is 25.1 Å². The lowest BCUT2D eigenvalue weighted by Gasteiger charge is -2.07. The summed E-state index contributed by atoms with van der Waals surface area (Å²) < 4.78 is 5.98. The molecule has 0 spiro atoms. The SMILES string of the molecule is Cc1cccc(C(=O)NCc2ccco2)c1Br. The molecule has 0 saturated heterocycles. The maximum Gasteiger partial charge on any atom is 0.252 e. The van der Waals surface area contributed by atoms with Gasteiger partial charge < -0.3 is 9.73 Å². The highest BCUT2D eigenvalue weighted by molar-refractivity contribution is 9.10. The first-order valence-electron chi connectivity index (χ1n) is 5.24. The first kappa shape index (κ1) is 11.9. The van der Waals surface area contributed by atoms with Crippen LogP contribution in [0.25, 0.3) is 0 Å². The lowest BCUT2D eigenvalue weighted by Crippen LogP contribution is -2.23. The van der Waals surface area contributed by atoms with E-state index in [0.717, 1.165) is 15.8 Å². The van der Waals surface area contributed by atoms with E-state index in [1.165, 1.54) is 0 Å².